The van der Waals surface area contributed by atoms with Gasteiger partial charge in [-0.05, 0) is 79.8 Å². The first-order valence-electron chi connectivity index (χ1n) is 13.6. The maximum Gasteiger partial charge on any atom is 0.304 e. The predicted molar refractivity (Wildman–Crippen MR) is 151 cm³/mol. The average molecular weight is 594 g/mol. The highest BCUT2D eigenvalue weighted by Crippen LogP contribution is 2.55. The van der Waals surface area contributed by atoms with Crippen LogP contribution in [0.5, 0.6) is 0 Å². The fourth-order valence-corrected chi connectivity index (χ4v) is 7.91. The van der Waals surface area contributed by atoms with E-state index in [-0.39, 0.29) is 36.0 Å². The van der Waals surface area contributed by atoms with E-state index in [1.54, 1.807) is 18.2 Å². The van der Waals surface area contributed by atoms with Crippen molar-refractivity contribution in [1.29, 1.82) is 0 Å². The zero-order valence-electron chi connectivity index (χ0n) is 21.9. The van der Waals surface area contributed by atoms with Crippen molar-refractivity contribution < 1.29 is 23.1 Å². The van der Waals surface area contributed by atoms with E-state index in [9.17, 15) is 23.1 Å². The number of amides is 1. The number of halogens is 2. The summed E-state index contributed by atoms with van der Waals surface area (Å²) in [6.07, 6.45) is 3.45. The number of carboxylic acids is 1. The highest BCUT2D eigenvalue weighted by Gasteiger charge is 2.56. The van der Waals surface area contributed by atoms with Crippen LogP contribution in [0.15, 0.2) is 48.5 Å². The average Bonchev–Trinajstić information content (AvgIpc) is 3.80. The Bertz CT molecular complexity index is 1340. The summed E-state index contributed by atoms with van der Waals surface area (Å²) in [5, 5.41) is 10.7. The number of rotatable bonds is 11. The lowest BCUT2D eigenvalue weighted by molar-refractivity contribution is -0.162. The minimum absolute atomic E-state index is 0.106. The second kappa shape index (κ2) is 11.0. The van der Waals surface area contributed by atoms with Gasteiger partial charge in [0.25, 0.3) is 0 Å². The molecule has 4 unspecified atom stereocenters. The van der Waals surface area contributed by atoms with Crippen LogP contribution < -0.4 is 4.72 Å². The summed E-state index contributed by atoms with van der Waals surface area (Å²) >= 11 is 12.7. The summed E-state index contributed by atoms with van der Waals surface area (Å²) in [6, 6.07) is 14.0. The molecular weight excluding hydrogens is 559 g/mol. The molecule has 210 valence electrons. The number of sulfonamides is 1. The number of nitrogens with one attached hydrogen (secondary N) is 1. The number of carbonyl (C=O) groups is 2. The third-order valence-electron chi connectivity index (χ3n) is 8.61. The van der Waals surface area contributed by atoms with Gasteiger partial charge in [-0.15, -0.1) is 0 Å². The van der Waals surface area contributed by atoms with Crippen molar-refractivity contribution in [2.45, 2.75) is 75.1 Å². The van der Waals surface area contributed by atoms with Gasteiger partial charge in [0.1, 0.15) is 0 Å². The van der Waals surface area contributed by atoms with Gasteiger partial charge in [-0.25, -0.2) is 13.1 Å². The lowest BCUT2D eigenvalue weighted by Crippen LogP contribution is -2.59. The Morgan fingerprint density at radius 2 is 1.77 bits per heavy atom. The molecule has 5 rings (SSSR count). The molecule has 0 radical (unpaired) electrons. The molecule has 7 nitrogen and oxygen atoms in total. The molecule has 1 heterocycles. The third-order valence-corrected chi connectivity index (χ3v) is 11.0. The summed E-state index contributed by atoms with van der Waals surface area (Å²) in [6.45, 7) is 1.97. The molecule has 1 aliphatic heterocycles. The van der Waals surface area contributed by atoms with Gasteiger partial charge in [0, 0.05) is 28.5 Å². The Morgan fingerprint density at radius 1 is 1.08 bits per heavy atom. The predicted octanol–water partition coefficient (Wildman–Crippen LogP) is 5.78. The fraction of sp³-hybridized carbons (Fsp3) is 0.517. The van der Waals surface area contributed by atoms with Crippen molar-refractivity contribution in [2.75, 3.05) is 6.54 Å². The van der Waals surface area contributed by atoms with Crippen LogP contribution in [0.2, 0.25) is 10.0 Å². The number of piperidine rings is 1. The van der Waals surface area contributed by atoms with E-state index >= 15 is 0 Å². The van der Waals surface area contributed by atoms with E-state index in [0.29, 0.717) is 35.7 Å². The van der Waals surface area contributed by atoms with E-state index in [4.69, 9.17) is 23.2 Å². The molecule has 3 aliphatic rings. The quantitative estimate of drug-likeness (QED) is 0.344. The van der Waals surface area contributed by atoms with Gasteiger partial charge in [-0.1, -0.05) is 54.4 Å². The molecule has 2 N–H and O–H groups in total. The molecule has 3 fully saturated rings. The van der Waals surface area contributed by atoms with Crippen LogP contribution in [0.3, 0.4) is 0 Å². The lowest BCUT2D eigenvalue weighted by atomic mass is 9.64. The van der Waals surface area contributed by atoms with Crippen molar-refractivity contribution in [3.05, 3.63) is 69.7 Å². The zero-order chi connectivity index (χ0) is 27.9. The Hall–Kier alpha value is -2.13. The molecule has 0 spiro atoms. The summed E-state index contributed by atoms with van der Waals surface area (Å²) in [5.74, 6) is -1.39. The molecule has 10 heteroatoms. The molecule has 2 aromatic rings. The monoisotopic (exact) mass is 592 g/mol. The van der Waals surface area contributed by atoms with E-state index in [1.165, 1.54) is 0 Å². The highest BCUT2D eigenvalue weighted by molar-refractivity contribution is 7.90. The lowest BCUT2D eigenvalue weighted by Gasteiger charge is -2.53. The number of likely N-dealkylation sites (tertiary alicyclic amines) is 1. The topological polar surface area (TPSA) is 104 Å². The van der Waals surface area contributed by atoms with Crippen LogP contribution in [-0.2, 0) is 19.6 Å². The maximum absolute atomic E-state index is 14.6. The van der Waals surface area contributed by atoms with Crippen molar-refractivity contribution in [1.82, 2.24) is 9.62 Å². The molecule has 1 saturated heterocycles. The Balaban J connectivity index is 1.65. The summed E-state index contributed by atoms with van der Waals surface area (Å²) in [4.78, 5) is 28.5. The molecule has 0 bridgehead atoms. The summed E-state index contributed by atoms with van der Waals surface area (Å²) < 4.78 is 28.5. The number of hydrogen-bond donors (Lipinski definition) is 2. The second-order valence-electron chi connectivity index (χ2n) is 11.3. The molecule has 2 saturated carbocycles. The van der Waals surface area contributed by atoms with Gasteiger partial charge in [-0.3, -0.25) is 9.59 Å². The van der Waals surface area contributed by atoms with Crippen molar-refractivity contribution in [2.24, 2.45) is 11.3 Å². The number of carbonyl (C=O) groups excluding carboxylic acids is 1. The Morgan fingerprint density at radius 3 is 2.33 bits per heavy atom. The van der Waals surface area contributed by atoms with E-state index in [0.717, 1.165) is 24.0 Å². The number of benzene rings is 2. The maximum atomic E-state index is 14.6. The van der Waals surface area contributed by atoms with E-state index < -0.39 is 33.5 Å². The first-order chi connectivity index (χ1) is 18.5. The van der Waals surface area contributed by atoms with Crippen LogP contribution in [0.25, 0.3) is 0 Å². The first kappa shape index (κ1) is 28.4. The minimum Gasteiger partial charge on any atom is -0.481 e. The summed E-state index contributed by atoms with van der Waals surface area (Å²) in [7, 11) is -3.47. The highest BCUT2D eigenvalue weighted by atomic mass is 35.5. The smallest absolute Gasteiger partial charge is 0.304 e. The fourth-order valence-electron chi connectivity index (χ4n) is 6.19. The van der Waals surface area contributed by atoms with Gasteiger partial charge in [-0.2, -0.15) is 0 Å². The first-order valence-corrected chi connectivity index (χ1v) is 15.9. The second-order valence-corrected chi connectivity index (χ2v) is 14.2. The molecule has 4 atom stereocenters. The third kappa shape index (κ3) is 5.99. The van der Waals surface area contributed by atoms with Gasteiger partial charge in [0.2, 0.25) is 15.9 Å². The van der Waals surface area contributed by atoms with Gasteiger partial charge in [0.05, 0.1) is 23.1 Å². The standard InChI is InChI=1S/C29H34Cl2N2O5S/c1-2-29(16-26(34)35)15-24(20-4-3-5-22(31)14-20)27(19-8-10-21(30)11-9-19)33(28(29)36)25(18-6-7-18)17-32-39(37,38)23-12-13-23/h3-5,8-11,14,18,23-25,27,32H,2,6-7,12-13,15-17H2,1H3,(H,34,35). The van der Waals surface area contributed by atoms with Crippen molar-refractivity contribution >= 4 is 45.1 Å². The van der Waals surface area contributed by atoms with Crippen molar-refractivity contribution in [3.63, 3.8) is 0 Å². The molecule has 39 heavy (non-hydrogen) atoms. The van der Waals surface area contributed by atoms with Crippen molar-refractivity contribution in [3.8, 4) is 0 Å². The Kier molecular flexibility index (Phi) is 8.04. The van der Waals surface area contributed by atoms with Crippen LogP contribution in [0.4, 0.5) is 0 Å². The number of carboxylic acid groups (broad SMARTS) is 1. The number of aliphatic carboxylic acids is 1. The molecule has 0 aromatic heterocycles. The van der Waals surface area contributed by atoms with E-state index in [1.807, 2.05) is 42.2 Å². The SMILES string of the molecule is CCC1(CC(=O)O)CC(c2cccc(Cl)c2)C(c2ccc(Cl)cc2)N(C(CNS(=O)(=O)C2CC2)C2CC2)C1=O. The number of nitrogens with zero attached hydrogens (tertiary/aromatic N) is 1. The molecular formula is C29H34Cl2N2O5S. The van der Waals surface area contributed by atoms with Crippen LogP contribution >= 0.6 is 23.2 Å². The van der Waals surface area contributed by atoms with Gasteiger partial charge in [0.15, 0.2) is 0 Å². The van der Waals surface area contributed by atoms with E-state index in [2.05, 4.69) is 4.72 Å². The van der Waals surface area contributed by atoms with Crippen LogP contribution in [0, 0.1) is 11.3 Å². The summed E-state index contributed by atoms with van der Waals surface area (Å²) in [5.41, 5.74) is 0.647. The Labute approximate surface area is 239 Å². The van der Waals surface area contributed by atoms with Crippen LogP contribution in [0.1, 0.15) is 75.0 Å². The normalized spacial score (nSPS) is 26.4. The number of hydrogen-bond acceptors (Lipinski definition) is 4. The zero-order valence-corrected chi connectivity index (χ0v) is 24.2. The van der Waals surface area contributed by atoms with Gasteiger partial charge < -0.3 is 10.0 Å². The largest absolute Gasteiger partial charge is 0.481 e. The minimum atomic E-state index is -3.47. The van der Waals surface area contributed by atoms with Crippen LogP contribution in [-0.4, -0.2) is 48.1 Å². The van der Waals surface area contributed by atoms with Gasteiger partial charge >= 0.3 is 5.97 Å². The molecule has 2 aromatic carbocycles. The molecule has 2 aliphatic carbocycles. The molecule has 1 amide bonds.